The van der Waals surface area contributed by atoms with Gasteiger partial charge in [0, 0.05) is 16.2 Å². The third-order valence-corrected chi connectivity index (χ3v) is 4.76. The Morgan fingerprint density at radius 3 is 2.61 bits per heavy atom. The number of nitrogens with zero attached hydrogens (tertiary/aromatic N) is 2. The van der Waals surface area contributed by atoms with Crippen LogP contribution in [0.15, 0.2) is 29.2 Å². The maximum Gasteiger partial charge on any atom is 0.421 e. The predicted octanol–water partition coefficient (Wildman–Crippen LogP) is 3.92. The smallest absolute Gasteiger partial charge is 0.368 e. The highest BCUT2D eigenvalue weighted by Crippen LogP contribution is 2.40. The molecule has 0 aliphatic heterocycles. The highest BCUT2D eigenvalue weighted by atomic mass is 35.5. The zero-order valence-electron chi connectivity index (χ0n) is 12.0. The summed E-state index contributed by atoms with van der Waals surface area (Å²) in [5.41, 5.74) is 3.97. The normalized spacial score (nSPS) is 13.1. The molecule has 0 amide bonds. The molecule has 1 atom stereocenters. The van der Waals surface area contributed by atoms with Crippen LogP contribution >= 0.6 is 11.6 Å². The molecule has 1 heterocycles. The van der Waals surface area contributed by atoms with Crippen molar-refractivity contribution in [1.29, 1.82) is 0 Å². The molecule has 0 aliphatic rings. The molecule has 2 N–H and O–H groups in total. The average molecular weight is 364 g/mol. The van der Waals surface area contributed by atoms with E-state index in [-0.39, 0.29) is 11.5 Å². The predicted molar refractivity (Wildman–Crippen MR) is 83.5 cm³/mol. The number of rotatable bonds is 4. The number of nitrogens with two attached hydrogens (primary N) is 1. The number of benzene rings is 1. The molecule has 0 radical (unpaired) electrons. The number of halogens is 4. The summed E-state index contributed by atoms with van der Waals surface area (Å²) in [6.45, 7) is 1.87. The van der Waals surface area contributed by atoms with Gasteiger partial charge in [0.05, 0.1) is 16.5 Å². The molecule has 0 spiro atoms. The number of hydrogen-bond donors (Lipinski definition) is 1. The third-order valence-electron chi connectivity index (χ3n) is 2.93. The molecule has 1 aromatic carbocycles. The Labute approximate surface area is 138 Å². The Kier molecular flexibility index (Phi) is 5.26. The van der Waals surface area contributed by atoms with Gasteiger partial charge in [-0.25, -0.2) is 9.97 Å². The highest BCUT2D eigenvalue weighted by Gasteiger charge is 2.38. The zero-order valence-corrected chi connectivity index (χ0v) is 13.6. The van der Waals surface area contributed by atoms with Gasteiger partial charge in [-0.05, 0) is 18.6 Å². The Hall–Kier alpha value is -1.67. The molecule has 4 nitrogen and oxygen atoms in total. The van der Waals surface area contributed by atoms with Crippen LogP contribution in [0.4, 0.5) is 19.1 Å². The van der Waals surface area contributed by atoms with Crippen LogP contribution in [-0.2, 0) is 17.0 Å². The maximum atomic E-state index is 13.2. The molecule has 0 aliphatic carbocycles. The second-order valence-electron chi connectivity index (χ2n) is 4.67. The minimum absolute atomic E-state index is 0.135. The van der Waals surface area contributed by atoms with Gasteiger partial charge in [-0.3, -0.25) is 4.21 Å². The van der Waals surface area contributed by atoms with Crippen molar-refractivity contribution in [2.24, 2.45) is 0 Å². The van der Waals surface area contributed by atoms with Crippen molar-refractivity contribution >= 4 is 28.3 Å². The van der Waals surface area contributed by atoms with Crippen LogP contribution in [0.2, 0.25) is 5.15 Å². The molecule has 0 fully saturated rings. The third kappa shape index (κ3) is 4.00. The number of anilines is 1. The van der Waals surface area contributed by atoms with Gasteiger partial charge in [0.1, 0.15) is 10.7 Å². The average Bonchev–Trinajstić information content (AvgIpc) is 2.45. The molecule has 0 saturated heterocycles. The molecule has 124 valence electrons. The molecule has 1 aromatic heterocycles. The molecule has 2 aromatic rings. The fourth-order valence-corrected chi connectivity index (χ4v) is 3.38. The lowest BCUT2D eigenvalue weighted by Gasteiger charge is -2.14. The van der Waals surface area contributed by atoms with E-state index in [1.165, 1.54) is 18.2 Å². The van der Waals surface area contributed by atoms with E-state index in [1.807, 2.05) is 6.92 Å². The topological polar surface area (TPSA) is 68.9 Å². The summed E-state index contributed by atoms with van der Waals surface area (Å²) in [5, 5.41) is -0.764. The standard InChI is InChI=1S/C14H13ClF3N3OS/c1-2-6-23(22)9-5-3-4-8(7-9)11-10(14(16,17)18)12(15)21-13(19)20-11/h3-5,7H,2,6H2,1H3,(H2,19,20,21). The van der Waals surface area contributed by atoms with Gasteiger partial charge in [-0.1, -0.05) is 30.7 Å². The second kappa shape index (κ2) is 6.84. The van der Waals surface area contributed by atoms with E-state index >= 15 is 0 Å². The molecule has 1 unspecified atom stereocenters. The van der Waals surface area contributed by atoms with E-state index in [9.17, 15) is 17.4 Å². The fourth-order valence-electron chi connectivity index (χ4n) is 2.00. The number of alkyl halides is 3. The number of aromatic nitrogens is 2. The van der Waals surface area contributed by atoms with E-state index in [0.29, 0.717) is 17.1 Å². The van der Waals surface area contributed by atoms with Crippen LogP contribution in [0.25, 0.3) is 11.3 Å². The first-order valence-electron chi connectivity index (χ1n) is 6.63. The first kappa shape index (κ1) is 17.7. The van der Waals surface area contributed by atoms with Gasteiger partial charge in [0.25, 0.3) is 0 Å². The van der Waals surface area contributed by atoms with E-state index in [4.69, 9.17) is 17.3 Å². The summed E-state index contributed by atoms with van der Waals surface area (Å²) in [6, 6.07) is 5.94. The van der Waals surface area contributed by atoms with Gasteiger partial charge in [-0.15, -0.1) is 0 Å². The van der Waals surface area contributed by atoms with Crippen molar-refractivity contribution in [2.45, 2.75) is 24.4 Å². The van der Waals surface area contributed by atoms with Crippen LogP contribution in [-0.4, -0.2) is 19.9 Å². The molecule has 0 bridgehead atoms. The van der Waals surface area contributed by atoms with Crippen LogP contribution in [0, 0.1) is 0 Å². The summed E-state index contributed by atoms with van der Waals surface area (Å²) in [7, 11) is -1.29. The fraction of sp³-hybridized carbons (Fsp3) is 0.286. The zero-order chi connectivity index (χ0) is 17.2. The van der Waals surface area contributed by atoms with Gasteiger partial charge in [0.15, 0.2) is 0 Å². The summed E-state index contributed by atoms with van der Waals surface area (Å²) >= 11 is 5.61. The second-order valence-corrected chi connectivity index (χ2v) is 6.60. The quantitative estimate of drug-likeness (QED) is 0.836. The van der Waals surface area contributed by atoms with Crippen molar-refractivity contribution in [3.8, 4) is 11.3 Å². The first-order valence-corrected chi connectivity index (χ1v) is 8.32. The SMILES string of the molecule is CCCS(=O)c1cccc(-c2nc(N)nc(Cl)c2C(F)(F)F)c1. The number of hydrogen-bond acceptors (Lipinski definition) is 4. The lowest BCUT2D eigenvalue weighted by Crippen LogP contribution is -2.12. The van der Waals surface area contributed by atoms with E-state index in [0.717, 1.165) is 0 Å². The molecule has 9 heteroatoms. The monoisotopic (exact) mass is 363 g/mol. The number of nitrogen functional groups attached to an aromatic ring is 1. The lowest BCUT2D eigenvalue weighted by molar-refractivity contribution is -0.137. The molecular formula is C14H13ClF3N3OS. The molecule has 23 heavy (non-hydrogen) atoms. The van der Waals surface area contributed by atoms with Gasteiger partial charge >= 0.3 is 6.18 Å². The van der Waals surface area contributed by atoms with Gasteiger partial charge in [-0.2, -0.15) is 13.2 Å². The summed E-state index contributed by atoms with van der Waals surface area (Å²) in [5.74, 6) is 0.0560. The first-order chi connectivity index (χ1) is 10.7. The summed E-state index contributed by atoms with van der Waals surface area (Å²) in [6.07, 6.45) is -4.05. The van der Waals surface area contributed by atoms with Crippen molar-refractivity contribution < 1.29 is 17.4 Å². The van der Waals surface area contributed by atoms with Crippen molar-refractivity contribution in [2.75, 3.05) is 11.5 Å². The van der Waals surface area contributed by atoms with E-state index in [1.54, 1.807) is 6.07 Å². The highest BCUT2D eigenvalue weighted by molar-refractivity contribution is 7.85. The summed E-state index contributed by atoms with van der Waals surface area (Å²) < 4.78 is 51.8. The largest absolute Gasteiger partial charge is 0.421 e. The van der Waals surface area contributed by atoms with E-state index < -0.39 is 33.4 Å². The Balaban J connectivity index is 2.63. The van der Waals surface area contributed by atoms with Crippen LogP contribution in [0.1, 0.15) is 18.9 Å². The Morgan fingerprint density at radius 2 is 2.00 bits per heavy atom. The Bertz CT molecular complexity index is 753. The minimum atomic E-state index is -4.74. The van der Waals surface area contributed by atoms with Crippen molar-refractivity contribution in [3.05, 3.63) is 35.0 Å². The lowest BCUT2D eigenvalue weighted by atomic mass is 10.1. The minimum Gasteiger partial charge on any atom is -0.368 e. The molecular weight excluding hydrogens is 351 g/mol. The Morgan fingerprint density at radius 1 is 1.30 bits per heavy atom. The summed E-state index contributed by atoms with van der Waals surface area (Å²) in [4.78, 5) is 7.47. The van der Waals surface area contributed by atoms with Crippen molar-refractivity contribution in [3.63, 3.8) is 0 Å². The van der Waals surface area contributed by atoms with Crippen LogP contribution in [0.5, 0.6) is 0 Å². The van der Waals surface area contributed by atoms with Gasteiger partial charge < -0.3 is 5.73 Å². The maximum absolute atomic E-state index is 13.2. The van der Waals surface area contributed by atoms with Crippen LogP contribution in [0.3, 0.4) is 0 Å². The van der Waals surface area contributed by atoms with Crippen LogP contribution < -0.4 is 5.73 Å². The van der Waals surface area contributed by atoms with Gasteiger partial charge in [0.2, 0.25) is 5.95 Å². The molecule has 2 rings (SSSR count). The van der Waals surface area contributed by atoms with E-state index in [2.05, 4.69) is 9.97 Å². The molecule has 0 saturated carbocycles. The van der Waals surface area contributed by atoms with Crippen molar-refractivity contribution in [1.82, 2.24) is 9.97 Å².